The van der Waals surface area contributed by atoms with Crippen LogP contribution in [0.15, 0.2) is 29.2 Å². The van der Waals surface area contributed by atoms with Gasteiger partial charge in [-0.05, 0) is 30.0 Å². The zero-order valence-electron chi connectivity index (χ0n) is 8.25. The largest absolute Gasteiger partial charge is 0.326 e. The third kappa shape index (κ3) is 3.84. The van der Waals surface area contributed by atoms with E-state index in [-0.39, 0.29) is 17.2 Å². The summed E-state index contributed by atoms with van der Waals surface area (Å²) in [6.07, 6.45) is 0.281. The van der Waals surface area contributed by atoms with Crippen molar-refractivity contribution < 1.29 is 17.8 Å². The summed E-state index contributed by atoms with van der Waals surface area (Å²) in [7, 11) is -4.18. The molecule has 0 saturated heterocycles. The maximum absolute atomic E-state index is 11.2. The fourth-order valence-corrected chi connectivity index (χ4v) is 1.72. The number of nitrogens with one attached hydrogen (secondary N) is 1. The van der Waals surface area contributed by atoms with E-state index in [9.17, 15) is 13.2 Å². The zero-order chi connectivity index (χ0) is 12.2. The second kappa shape index (κ2) is 5.33. The average Bonchev–Trinajstić information content (AvgIpc) is 2.17. The molecule has 1 aromatic rings. The minimum Gasteiger partial charge on any atom is -0.326 e. The molecule has 0 aromatic heterocycles. The van der Waals surface area contributed by atoms with Gasteiger partial charge in [-0.25, -0.2) is 0 Å². The summed E-state index contributed by atoms with van der Waals surface area (Å²) >= 11 is 3.91. The lowest BCUT2D eigenvalue weighted by Gasteiger charge is -2.04. The Morgan fingerprint density at radius 3 is 2.31 bits per heavy atom. The summed E-state index contributed by atoms with van der Waals surface area (Å²) in [5.41, 5.74) is 0.471. The number of benzene rings is 1. The highest BCUT2D eigenvalue weighted by Gasteiger charge is 2.08. The molecule has 0 atom stereocenters. The van der Waals surface area contributed by atoms with Crippen LogP contribution >= 0.6 is 12.6 Å². The molecule has 88 valence electrons. The third-order valence-corrected chi connectivity index (χ3v) is 2.87. The van der Waals surface area contributed by atoms with Gasteiger partial charge in [0.05, 0.1) is 4.90 Å². The molecule has 0 radical (unpaired) electrons. The van der Waals surface area contributed by atoms with Crippen molar-refractivity contribution in [3.05, 3.63) is 24.3 Å². The molecule has 1 amide bonds. The Morgan fingerprint density at radius 2 is 1.88 bits per heavy atom. The van der Waals surface area contributed by atoms with Gasteiger partial charge >= 0.3 is 0 Å². The Kier molecular flexibility index (Phi) is 4.34. The number of carbonyl (C=O) groups excluding carboxylic acids is 1. The van der Waals surface area contributed by atoms with E-state index in [0.717, 1.165) is 0 Å². The molecule has 0 aliphatic rings. The van der Waals surface area contributed by atoms with Crippen LogP contribution < -0.4 is 5.32 Å². The fourth-order valence-electron chi connectivity index (χ4n) is 1.04. The molecular formula is C9H11NO4S2. The van der Waals surface area contributed by atoms with Gasteiger partial charge in [-0.2, -0.15) is 21.0 Å². The topological polar surface area (TPSA) is 83.5 Å². The van der Waals surface area contributed by atoms with Crippen LogP contribution in [-0.4, -0.2) is 24.6 Å². The van der Waals surface area contributed by atoms with Gasteiger partial charge in [-0.3, -0.25) is 9.35 Å². The maximum Gasteiger partial charge on any atom is 0.294 e. The Hall–Kier alpha value is -1.05. The van der Waals surface area contributed by atoms with Crippen molar-refractivity contribution in [2.45, 2.75) is 11.3 Å². The van der Waals surface area contributed by atoms with Crippen LogP contribution in [0.3, 0.4) is 0 Å². The van der Waals surface area contributed by atoms with Crippen molar-refractivity contribution in [2.24, 2.45) is 0 Å². The molecule has 2 N–H and O–H groups in total. The third-order valence-electron chi connectivity index (χ3n) is 1.77. The van der Waals surface area contributed by atoms with Gasteiger partial charge < -0.3 is 5.32 Å². The second-order valence-electron chi connectivity index (χ2n) is 3.02. The first kappa shape index (κ1) is 13.0. The molecule has 0 heterocycles. The van der Waals surface area contributed by atoms with Gasteiger partial charge in [0.25, 0.3) is 10.1 Å². The minimum atomic E-state index is -4.18. The van der Waals surface area contributed by atoms with Gasteiger partial charge in [0.15, 0.2) is 0 Å². The van der Waals surface area contributed by atoms with Gasteiger partial charge in [0.2, 0.25) is 5.91 Å². The molecule has 1 rings (SSSR count). The second-order valence-corrected chi connectivity index (χ2v) is 4.89. The molecule has 0 aliphatic heterocycles. The fraction of sp³-hybridized carbons (Fsp3) is 0.222. The van der Waals surface area contributed by atoms with Crippen molar-refractivity contribution >= 4 is 34.3 Å². The van der Waals surface area contributed by atoms with Crippen LogP contribution in [0.5, 0.6) is 0 Å². The van der Waals surface area contributed by atoms with Crippen LogP contribution in [0, 0.1) is 0 Å². The monoisotopic (exact) mass is 261 g/mol. The first-order valence-electron chi connectivity index (χ1n) is 4.42. The van der Waals surface area contributed by atoms with Crippen molar-refractivity contribution in [1.29, 1.82) is 0 Å². The molecule has 0 aliphatic carbocycles. The molecule has 0 saturated carbocycles. The molecule has 7 heteroatoms. The highest BCUT2D eigenvalue weighted by atomic mass is 32.2. The maximum atomic E-state index is 11.2. The smallest absolute Gasteiger partial charge is 0.294 e. The van der Waals surface area contributed by atoms with Crippen LogP contribution in [-0.2, 0) is 14.9 Å². The molecular weight excluding hydrogens is 250 g/mol. The van der Waals surface area contributed by atoms with E-state index in [2.05, 4.69) is 17.9 Å². The van der Waals surface area contributed by atoms with E-state index in [1.165, 1.54) is 24.3 Å². The summed E-state index contributed by atoms with van der Waals surface area (Å²) in [5.74, 6) is 0.240. The van der Waals surface area contributed by atoms with Gasteiger partial charge in [-0.1, -0.05) is 0 Å². The SMILES string of the molecule is O=C(CCS)Nc1ccc(S(=O)(=O)O)cc1. The highest BCUT2D eigenvalue weighted by Crippen LogP contribution is 2.13. The average molecular weight is 261 g/mol. The van der Waals surface area contributed by atoms with E-state index < -0.39 is 10.1 Å². The van der Waals surface area contributed by atoms with Crippen LogP contribution in [0.2, 0.25) is 0 Å². The summed E-state index contributed by atoms with van der Waals surface area (Å²) in [6.45, 7) is 0. The number of rotatable bonds is 4. The highest BCUT2D eigenvalue weighted by molar-refractivity contribution is 7.85. The molecule has 0 unspecified atom stereocenters. The predicted octanol–water partition coefficient (Wildman–Crippen LogP) is 1.19. The lowest BCUT2D eigenvalue weighted by atomic mass is 10.3. The molecule has 16 heavy (non-hydrogen) atoms. The van der Waals surface area contributed by atoms with Crippen molar-refractivity contribution in [3.8, 4) is 0 Å². The molecule has 0 fully saturated rings. The lowest BCUT2D eigenvalue weighted by Crippen LogP contribution is -2.11. The summed E-state index contributed by atoms with van der Waals surface area (Å²) in [4.78, 5) is 11.0. The predicted molar refractivity (Wildman–Crippen MR) is 63.4 cm³/mol. The number of hydrogen-bond donors (Lipinski definition) is 3. The summed E-state index contributed by atoms with van der Waals surface area (Å²) < 4.78 is 30.2. The standard InChI is InChI=1S/C9H11NO4S2/c11-9(5-6-15)10-7-1-3-8(4-2-7)16(12,13)14/h1-4,15H,5-6H2,(H,10,11)(H,12,13,14). The molecule has 1 aromatic carbocycles. The number of hydrogen-bond acceptors (Lipinski definition) is 4. The molecule has 5 nitrogen and oxygen atoms in total. The van der Waals surface area contributed by atoms with Gasteiger partial charge in [-0.15, -0.1) is 0 Å². The van der Waals surface area contributed by atoms with Crippen molar-refractivity contribution in [1.82, 2.24) is 0 Å². The van der Waals surface area contributed by atoms with Crippen molar-refractivity contribution in [3.63, 3.8) is 0 Å². The number of amides is 1. The summed E-state index contributed by atoms with van der Waals surface area (Å²) in [5, 5.41) is 2.56. The van der Waals surface area contributed by atoms with E-state index in [4.69, 9.17) is 4.55 Å². The zero-order valence-corrected chi connectivity index (χ0v) is 9.96. The first-order valence-corrected chi connectivity index (χ1v) is 6.49. The van der Waals surface area contributed by atoms with E-state index in [1.54, 1.807) is 0 Å². The Bertz CT molecular complexity index is 467. The van der Waals surface area contributed by atoms with Crippen LogP contribution in [0.4, 0.5) is 5.69 Å². The molecule has 0 spiro atoms. The Morgan fingerprint density at radius 1 is 1.31 bits per heavy atom. The number of anilines is 1. The van der Waals surface area contributed by atoms with Crippen LogP contribution in [0.25, 0.3) is 0 Å². The van der Waals surface area contributed by atoms with E-state index >= 15 is 0 Å². The van der Waals surface area contributed by atoms with Crippen molar-refractivity contribution in [2.75, 3.05) is 11.1 Å². The minimum absolute atomic E-state index is 0.199. The summed E-state index contributed by atoms with van der Waals surface area (Å²) in [6, 6.07) is 5.23. The Balaban J connectivity index is 2.76. The normalized spacial score (nSPS) is 11.1. The van der Waals surface area contributed by atoms with Gasteiger partial charge in [0.1, 0.15) is 0 Å². The van der Waals surface area contributed by atoms with Crippen LogP contribution in [0.1, 0.15) is 6.42 Å². The lowest BCUT2D eigenvalue weighted by molar-refractivity contribution is -0.115. The molecule has 0 bridgehead atoms. The van der Waals surface area contributed by atoms with Gasteiger partial charge in [0, 0.05) is 12.1 Å². The number of carbonyl (C=O) groups is 1. The Labute approximate surface area is 99.0 Å². The van der Waals surface area contributed by atoms with E-state index in [1.807, 2.05) is 0 Å². The first-order chi connectivity index (χ1) is 7.43. The van der Waals surface area contributed by atoms with E-state index in [0.29, 0.717) is 11.4 Å². The number of thiol groups is 1. The quantitative estimate of drug-likeness (QED) is 0.561.